The van der Waals surface area contributed by atoms with Gasteiger partial charge in [0.15, 0.2) is 11.5 Å². The summed E-state index contributed by atoms with van der Waals surface area (Å²) in [7, 11) is 1.42. The Bertz CT molecular complexity index is 1290. The number of nitrogens with zero attached hydrogens (tertiary/aromatic N) is 1. The third-order valence-electron chi connectivity index (χ3n) is 6.67. The largest absolute Gasteiger partial charge is 0.493 e. The van der Waals surface area contributed by atoms with Crippen molar-refractivity contribution in [1.82, 2.24) is 10.2 Å². The number of methoxy groups -OCH3 is 1. The number of nitrogens with one attached hydrogen (secondary N) is 1. The number of amides is 2. The second-order valence-corrected chi connectivity index (χ2v) is 10.6. The summed E-state index contributed by atoms with van der Waals surface area (Å²) in [5, 5.41) is 23.4. The van der Waals surface area contributed by atoms with E-state index in [1.54, 1.807) is 24.3 Å². The predicted molar refractivity (Wildman–Crippen MR) is 159 cm³/mol. The molecule has 0 radical (unpaired) electrons. The summed E-state index contributed by atoms with van der Waals surface area (Å²) in [6.45, 7) is 3.61. The smallest absolute Gasteiger partial charge is 0.247 e. The Morgan fingerprint density at radius 3 is 2.73 bits per heavy atom. The van der Waals surface area contributed by atoms with Crippen LogP contribution in [0.5, 0.6) is 11.5 Å². The molecule has 0 aliphatic heterocycles. The lowest BCUT2D eigenvalue weighted by Gasteiger charge is -2.41. The summed E-state index contributed by atoms with van der Waals surface area (Å²) in [5.74, 6) is -0.597. The molecule has 0 saturated carbocycles. The minimum Gasteiger partial charge on any atom is -0.493 e. The average molecular weight is 681 g/mol. The molecule has 2 aromatic carbocycles. The van der Waals surface area contributed by atoms with Gasteiger partial charge in [0.1, 0.15) is 24.3 Å². The number of allylic oxidation sites excluding steroid dienone is 1. The van der Waals surface area contributed by atoms with E-state index >= 15 is 0 Å². The molecule has 3 atom stereocenters. The summed E-state index contributed by atoms with van der Waals surface area (Å²) in [4.78, 5) is 39.3. The molecule has 0 fully saturated rings. The molecule has 0 spiro atoms. The van der Waals surface area contributed by atoms with Crippen LogP contribution in [-0.4, -0.2) is 78.3 Å². The summed E-state index contributed by atoms with van der Waals surface area (Å²) in [6.07, 6.45) is 2.36. The van der Waals surface area contributed by atoms with E-state index in [1.807, 2.05) is 22.6 Å². The first kappa shape index (κ1) is 32.2. The van der Waals surface area contributed by atoms with Crippen LogP contribution in [0, 0.1) is 9.39 Å². The first-order chi connectivity index (χ1) is 19.7. The quantitative estimate of drug-likeness (QED) is 0.159. The fourth-order valence-corrected chi connectivity index (χ4v) is 5.38. The highest BCUT2D eigenvalue weighted by atomic mass is 127. The Kier molecular flexibility index (Phi) is 12.3. The molecule has 220 valence electrons. The van der Waals surface area contributed by atoms with Crippen molar-refractivity contribution in [3.05, 3.63) is 81.2 Å². The average Bonchev–Trinajstić information content (AvgIpc) is 2.97. The van der Waals surface area contributed by atoms with E-state index in [2.05, 4.69) is 11.9 Å². The number of carbonyl (C=O) groups excluding carboxylic acids is 3. The number of aliphatic hydroxyl groups excluding tert-OH is 2. The molecule has 3 rings (SSSR count). The Balaban J connectivity index is 2.00. The van der Waals surface area contributed by atoms with E-state index in [9.17, 15) is 29.0 Å². The molecule has 0 saturated heterocycles. The number of ether oxygens (including phenoxy) is 2. The van der Waals surface area contributed by atoms with Gasteiger partial charge in [-0.1, -0.05) is 18.2 Å². The van der Waals surface area contributed by atoms with Crippen molar-refractivity contribution >= 4 is 40.7 Å². The highest BCUT2D eigenvalue weighted by Gasteiger charge is 2.40. The van der Waals surface area contributed by atoms with E-state index in [0.717, 1.165) is 0 Å². The van der Waals surface area contributed by atoms with Crippen molar-refractivity contribution in [3.8, 4) is 11.5 Å². The molecule has 2 amide bonds. The predicted octanol–water partition coefficient (Wildman–Crippen LogP) is 3.20. The van der Waals surface area contributed by atoms with Gasteiger partial charge in [-0.05, 0) is 71.3 Å². The van der Waals surface area contributed by atoms with Gasteiger partial charge in [0.25, 0.3) is 0 Å². The maximum atomic E-state index is 13.8. The van der Waals surface area contributed by atoms with Crippen LogP contribution in [0.25, 0.3) is 0 Å². The van der Waals surface area contributed by atoms with Crippen LogP contribution in [0.4, 0.5) is 4.39 Å². The van der Waals surface area contributed by atoms with E-state index < -0.39 is 30.0 Å². The van der Waals surface area contributed by atoms with Crippen LogP contribution in [0.2, 0.25) is 0 Å². The number of hydrogen-bond donors (Lipinski definition) is 3. The summed E-state index contributed by atoms with van der Waals surface area (Å²) in [6, 6.07) is 8.31. The molecule has 2 aromatic rings. The van der Waals surface area contributed by atoms with Crippen LogP contribution >= 0.6 is 22.6 Å². The van der Waals surface area contributed by atoms with Crippen molar-refractivity contribution in [2.45, 2.75) is 43.9 Å². The molecule has 0 heterocycles. The molecular formula is C30H34FIN2O7. The zero-order valence-electron chi connectivity index (χ0n) is 22.7. The van der Waals surface area contributed by atoms with E-state index in [-0.39, 0.29) is 55.5 Å². The molecule has 41 heavy (non-hydrogen) atoms. The van der Waals surface area contributed by atoms with Crippen LogP contribution in [0.3, 0.4) is 0 Å². The zero-order chi connectivity index (χ0) is 29.9. The van der Waals surface area contributed by atoms with Gasteiger partial charge in [0.05, 0.1) is 23.3 Å². The standard InChI is InChI=1S/C30H34FIN2O7/c1-3-4-8-27(37)34(11-9-19-6-5-7-22(31)13-19)24-16-21(30(39)33-10-12-35)17-25(28(24)38)41-29-23(32)14-20(18-36)15-26(29)40-2/h3,5-7,13-15,17-18,24-25,28,35,38H,1,4,8-12,16H2,2H3,(H,33,39). The van der Waals surface area contributed by atoms with Crippen LogP contribution in [0.1, 0.15) is 35.2 Å². The topological polar surface area (TPSA) is 125 Å². The summed E-state index contributed by atoms with van der Waals surface area (Å²) < 4.78 is 26.0. The van der Waals surface area contributed by atoms with Crippen LogP contribution in [-0.2, 0) is 16.0 Å². The number of carbonyl (C=O) groups is 3. The molecule has 11 heteroatoms. The second-order valence-electron chi connectivity index (χ2n) is 9.46. The van der Waals surface area contributed by atoms with Crippen LogP contribution in [0.15, 0.2) is 60.7 Å². The fraction of sp³-hybridized carbons (Fsp3) is 0.367. The Labute approximate surface area is 252 Å². The van der Waals surface area contributed by atoms with Crippen molar-refractivity contribution < 1.29 is 38.5 Å². The summed E-state index contributed by atoms with van der Waals surface area (Å²) >= 11 is 1.99. The van der Waals surface area contributed by atoms with E-state index in [1.165, 1.54) is 36.3 Å². The van der Waals surface area contributed by atoms with Gasteiger partial charge in [-0.3, -0.25) is 14.4 Å². The van der Waals surface area contributed by atoms with Gasteiger partial charge in [0, 0.05) is 37.1 Å². The third-order valence-corrected chi connectivity index (χ3v) is 7.47. The number of halogens is 2. The lowest BCUT2D eigenvalue weighted by atomic mass is 9.87. The maximum Gasteiger partial charge on any atom is 0.247 e. The zero-order valence-corrected chi connectivity index (χ0v) is 24.9. The van der Waals surface area contributed by atoms with E-state index in [4.69, 9.17) is 9.47 Å². The number of aldehydes is 1. The lowest BCUT2D eigenvalue weighted by Crippen LogP contribution is -2.55. The number of benzene rings is 2. The minimum absolute atomic E-state index is 0.0232. The van der Waals surface area contributed by atoms with Gasteiger partial charge in [0.2, 0.25) is 11.8 Å². The Morgan fingerprint density at radius 2 is 2.07 bits per heavy atom. The normalized spacial score (nSPS) is 18.2. The molecule has 0 bridgehead atoms. The van der Waals surface area contributed by atoms with Crippen molar-refractivity contribution in [1.29, 1.82) is 0 Å². The Morgan fingerprint density at radius 1 is 1.29 bits per heavy atom. The highest BCUT2D eigenvalue weighted by molar-refractivity contribution is 14.1. The van der Waals surface area contributed by atoms with Crippen molar-refractivity contribution in [3.63, 3.8) is 0 Å². The summed E-state index contributed by atoms with van der Waals surface area (Å²) in [5.41, 5.74) is 1.32. The molecule has 1 aliphatic rings. The van der Waals surface area contributed by atoms with Crippen molar-refractivity contribution in [2.75, 3.05) is 26.8 Å². The molecule has 3 unspecified atom stereocenters. The van der Waals surface area contributed by atoms with E-state index in [0.29, 0.717) is 33.8 Å². The molecular weight excluding hydrogens is 646 g/mol. The molecule has 0 aromatic heterocycles. The first-order valence-electron chi connectivity index (χ1n) is 13.1. The van der Waals surface area contributed by atoms with Gasteiger partial charge in [-0.15, -0.1) is 6.58 Å². The third kappa shape index (κ3) is 8.60. The highest BCUT2D eigenvalue weighted by Crippen LogP contribution is 2.37. The number of hydrogen-bond acceptors (Lipinski definition) is 7. The molecule has 1 aliphatic carbocycles. The fourth-order valence-electron chi connectivity index (χ4n) is 4.62. The van der Waals surface area contributed by atoms with Crippen LogP contribution < -0.4 is 14.8 Å². The SMILES string of the molecule is C=CCCC(=O)N(CCc1cccc(F)c1)C1CC(C(=O)NCCO)=CC(Oc2c(I)cc(C=O)cc2OC)C1O. The van der Waals surface area contributed by atoms with Gasteiger partial charge < -0.3 is 29.9 Å². The maximum absolute atomic E-state index is 13.8. The minimum atomic E-state index is -1.25. The Hall–Kier alpha value is -3.29. The monoisotopic (exact) mass is 680 g/mol. The lowest BCUT2D eigenvalue weighted by molar-refractivity contribution is -0.138. The number of rotatable bonds is 14. The molecule has 9 nitrogen and oxygen atoms in total. The van der Waals surface area contributed by atoms with Gasteiger partial charge in [-0.25, -0.2) is 4.39 Å². The van der Waals surface area contributed by atoms with Crippen molar-refractivity contribution in [2.24, 2.45) is 0 Å². The van der Waals surface area contributed by atoms with Gasteiger partial charge >= 0.3 is 0 Å². The molecule has 3 N–H and O–H groups in total. The first-order valence-corrected chi connectivity index (χ1v) is 14.2. The van der Waals surface area contributed by atoms with Gasteiger partial charge in [-0.2, -0.15) is 0 Å². The second kappa shape index (κ2) is 15.6. The number of aliphatic hydroxyl groups is 2.